The summed E-state index contributed by atoms with van der Waals surface area (Å²) in [5.74, 6) is -0.215. The summed E-state index contributed by atoms with van der Waals surface area (Å²) in [4.78, 5) is 24.7. The van der Waals surface area contributed by atoms with E-state index in [0.717, 1.165) is 6.42 Å². The number of carbonyl (C=O) groups excluding carboxylic acids is 2. The lowest BCUT2D eigenvalue weighted by Crippen LogP contribution is -2.38. The van der Waals surface area contributed by atoms with Crippen LogP contribution in [0.2, 0.25) is 0 Å². The van der Waals surface area contributed by atoms with Gasteiger partial charge in [0.15, 0.2) is 6.10 Å². The second-order valence-corrected chi connectivity index (χ2v) is 6.24. The predicted molar refractivity (Wildman–Crippen MR) is 105 cm³/mol. The van der Waals surface area contributed by atoms with Gasteiger partial charge >= 0.3 is 5.97 Å². The fraction of sp³-hybridized carbons (Fsp3) is 0.364. The van der Waals surface area contributed by atoms with Gasteiger partial charge in [0.25, 0.3) is 5.91 Å². The maximum atomic E-state index is 12.4. The first-order chi connectivity index (χ1) is 13.1. The number of esters is 1. The molecule has 0 aliphatic carbocycles. The summed E-state index contributed by atoms with van der Waals surface area (Å²) in [6, 6.07) is 16.9. The second kappa shape index (κ2) is 10.4. The van der Waals surface area contributed by atoms with E-state index < -0.39 is 12.1 Å². The molecular formula is C22H27NO4. The zero-order valence-corrected chi connectivity index (χ0v) is 16.1. The van der Waals surface area contributed by atoms with Gasteiger partial charge in [-0.2, -0.15) is 0 Å². The molecule has 0 bridgehead atoms. The molecule has 5 nitrogen and oxygen atoms in total. The van der Waals surface area contributed by atoms with Crippen LogP contribution in [0.3, 0.4) is 0 Å². The topological polar surface area (TPSA) is 64.6 Å². The van der Waals surface area contributed by atoms with Gasteiger partial charge in [0.05, 0.1) is 6.61 Å². The molecule has 1 amide bonds. The Balaban J connectivity index is 1.92. The lowest BCUT2D eigenvalue weighted by atomic mass is 9.96. The summed E-state index contributed by atoms with van der Waals surface area (Å²) in [5.41, 5.74) is 1.49. The number of rotatable bonds is 9. The number of nitrogens with one attached hydrogen (secondary N) is 1. The molecule has 144 valence electrons. The highest BCUT2D eigenvalue weighted by molar-refractivity contribution is 5.94. The summed E-state index contributed by atoms with van der Waals surface area (Å²) in [7, 11) is 0. The van der Waals surface area contributed by atoms with Crippen molar-refractivity contribution < 1.29 is 19.1 Å². The van der Waals surface area contributed by atoms with Crippen molar-refractivity contribution in [1.29, 1.82) is 0 Å². The van der Waals surface area contributed by atoms with Gasteiger partial charge in [0.1, 0.15) is 11.3 Å². The van der Waals surface area contributed by atoms with E-state index in [4.69, 9.17) is 9.47 Å². The van der Waals surface area contributed by atoms with Crippen molar-refractivity contribution in [2.45, 2.75) is 39.2 Å². The van der Waals surface area contributed by atoms with Gasteiger partial charge in [-0.3, -0.25) is 4.79 Å². The Labute approximate surface area is 160 Å². The minimum Gasteiger partial charge on any atom is -0.493 e. The lowest BCUT2D eigenvalue weighted by molar-refractivity contribution is -0.129. The molecule has 0 saturated carbocycles. The predicted octanol–water partition coefficient (Wildman–Crippen LogP) is 3.94. The first kappa shape index (κ1) is 20.5. The average molecular weight is 369 g/mol. The smallest absolute Gasteiger partial charge is 0.342 e. The Morgan fingerprint density at radius 2 is 1.67 bits per heavy atom. The van der Waals surface area contributed by atoms with Crippen molar-refractivity contribution in [2.75, 3.05) is 13.2 Å². The summed E-state index contributed by atoms with van der Waals surface area (Å²) < 4.78 is 10.8. The monoisotopic (exact) mass is 369 g/mol. The zero-order valence-electron chi connectivity index (χ0n) is 16.1. The highest BCUT2D eigenvalue weighted by atomic mass is 16.5. The van der Waals surface area contributed by atoms with Crippen LogP contribution in [0.25, 0.3) is 0 Å². The van der Waals surface area contributed by atoms with E-state index >= 15 is 0 Å². The Morgan fingerprint density at radius 1 is 1.00 bits per heavy atom. The number of hydrogen-bond donors (Lipinski definition) is 1. The zero-order chi connectivity index (χ0) is 19.6. The molecule has 0 aliphatic heterocycles. The van der Waals surface area contributed by atoms with Gasteiger partial charge in [-0.1, -0.05) is 49.4 Å². The number of ether oxygens (including phenoxy) is 2. The van der Waals surface area contributed by atoms with Crippen molar-refractivity contribution in [3.8, 4) is 5.75 Å². The van der Waals surface area contributed by atoms with E-state index in [1.165, 1.54) is 5.56 Å². The SMILES string of the molecule is CCOc1ccccc1C(=O)O[C@H](C)C(=O)NC[C@H](CC)c1ccccc1. The molecule has 27 heavy (non-hydrogen) atoms. The average Bonchev–Trinajstić information content (AvgIpc) is 2.69. The van der Waals surface area contributed by atoms with Gasteiger partial charge in [0.2, 0.25) is 0 Å². The maximum Gasteiger partial charge on any atom is 0.342 e. The van der Waals surface area contributed by atoms with Crippen LogP contribution < -0.4 is 10.1 Å². The molecule has 0 heterocycles. The van der Waals surface area contributed by atoms with E-state index in [0.29, 0.717) is 24.5 Å². The van der Waals surface area contributed by atoms with Crippen LogP contribution in [0.1, 0.15) is 49.0 Å². The van der Waals surface area contributed by atoms with Crippen LogP contribution in [0.5, 0.6) is 5.75 Å². The molecule has 2 aromatic rings. The van der Waals surface area contributed by atoms with Crippen molar-refractivity contribution in [3.63, 3.8) is 0 Å². The molecule has 2 atom stereocenters. The largest absolute Gasteiger partial charge is 0.493 e. The summed E-state index contributed by atoms with van der Waals surface area (Å²) in [6.45, 7) is 6.43. The standard InChI is InChI=1S/C22H27NO4/c1-4-17(18-11-7-6-8-12-18)15-23-21(24)16(3)27-22(25)19-13-9-10-14-20(19)26-5-2/h6-14,16-17H,4-5,15H2,1-3H3,(H,23,24)/t16-,17+/m1/s1. The summed E-state index contributed by atoms with van der Waals surface area (Å²) in [5, 5.41) is 2.88. The van der Waals surface area contributed by atoms with Crippen molar-refractivity contribution in [1.82, 2.24) is 5.32 Å². The van der Waals surface area contributed by atoms with Crippen molar-refractivity contribution in [3.05, 3.63) is 65.7 Å². The number of benzene rings is 2. The Hall–Kier alpha value is -2.82. The summed E-state index contributed by atoms with van der Waals surface area (Å²) >= 11 is 0. The van der Waals surface area contributed by atoms with E-state index in [-0.39, 0.29) is 11.8 Å². The van der Waals surface area contributed by atoms with Gasteiger partial charge in [0, 0.05) is 12.5 Å². The number of para-hydroxylation sites is 1. The van der Waals surface area contributed by atoms with E-state index in [2.05, 4.69) is 24.4 Å². The molecular weight excluding hydrogens is 342 g/mol. The molecule has 5 heteroatoms. The van der Waals surface area contributed by atoms with Gasteiger partial charge in [-0.15, -0.1) is 0 Å². The molecule has 0 radical (unpaired) electrons. The third kappa shape index (κ3) is 5.84. The quantitative estimate of drug-likeness (QED) is 0.680. The normalized spacial score (nSPS) is 12.7. The number of amides is 1. The van der Waals surface area contributed by atoms with Gasteiger partial charge in [-0.05, 0) is 38.0 Å². The Bertz CT molecular complexity index is 745. The van der Waals surface area contributed by atoms with Crippen LogP contribution >= 0.6 is 0 Å². The van der Waals surface area contributed by atoms with Crippen LogP contribution in [0.15, 0.2) is 54.6 Å². The summed E-state index contributed by atoms with van der Waals surface area (Å²) in [6.07, 6.45) is 0.0145. The molecule has 0 spiro atoms. The van der Waals surface area contributed by atoms with Crippen LogP contribution in [-0.4, -0.2) is 31.1 Å². The molecule has 0 fully saturated rings. The van der Waals surface area contributed by atoms with Crippen LogP contribution in [-0.2, 0) is 9.53 Å². The second-order valence-electron chi connectivity index (χ2n) is 6.24. The van der Waals surface area contributed by atoms with Crippen LogP contribution in [0.4, 0.5) is 0 Å². The molecule has 0 saturated heterocycles. The molecule has 0 unspecified atom stereocenters. The lowest BCUT2D eigenvalue weighted by Gasteiger charge is -2.19. The molecule has 0 aromatic heterocycles. The van der Waals surface area contributed by atoms with Crippen molar-refractivity contribution in [2.24, 2.45) is 0 Å². The molecule has 1 N–H and O–H groups in total. The number of carbonyl (C=O) groups is 2. The third-order valence-corrected chi connectivity index (χ3v) is 4.35. The minimum atomic E-state index is -0.888. The molecule has 0 aliphatic rings. The molecule has 2 rings (SSSR count). The molecule has 2 aromatic carbocycles. The minimum absolute atomic E-state index is 0.219. The fourth-order valence-electron chi connectivity index (χ4n) is 2.78. The Morgan fingerprint density at radius 3 is 2.33 bits per heavy atom. The van der Waals surface area contributed by atoms with Gasteiger partial charge < -0.3 is 14.8 Å². The van der Waals surface area contributed by atoms with E-state index in [1.807, 2.05) is 25.1 Å². The van der Waals surface area contributed by atoms with E-state index in [1.54, 1.807) is 31.2 Å². The third-order valence-electron chi connectivity index (χ3n) is 4.35. The van der Waals surface area contributed by atoms with Crippen LogP contribution in [0, 0.1) is 0 Å². The highest BCUT2D eigenvalue weighted by Gasteiger charge is 2.22. The first-order valence-corrected chi connectivity index (χ1v) is 9.32. The van der Waals surface area contributed by atoms with Crippen molar-refractivity contribution >= 4 is 11.9 Å². The van der Waals surface area contributed by atoms with Gasteiger partial charge in [-0.25, -0.2) is 4.79 Å². The number of hydrogen-bond acceptors (Lipinski definition) is 4. The maximum absolute atomic E-state index is 12.4. The fourth-order valence-corrected chi connectivity index (χ4v) is 2.78. The van der Waals surface area contributed by atoms with E-state index in [9.17, 15) is 9.59 Å². The Kier molecular flexibility index (Phi) is 7.86. The first-order valence-electron chi connectivity index (χ1n) is 9.32. The highest BCUT2D eigenvalue weighted by Crippen LogP contribution is 2.20.